The SMILES string of the molecule is [Co].[Fe].[Mn].[Ni].[Zn]. The molecule has 0 atom stereocenters. The number of rotatable bonds is 0. The van der Waals surface area contributed by atoms with Gasteiger partial charge in [-0.3, -0.25) is 0 Å². The van der Waals surface area contributed by atoms with E-state index in [0.29, 0.717) is 0 Å². The summed E-state index contributed by atoms with van der Waals surface area (Å²) in [7, 11) is 0. The van der Waals surface area contributed by atoms with Crippen molar-refractivity contribution in [2.24, 2.45) is 0 Å². The van der Waals surface area contributed by atoms with Gasteiger partial charge in [-0.1, -0.05) is 0 Å². The second-order valence-electron chi connectivity index (χ2n) is 0. The van der Waals surface area contributed by atoms with Crippen LogP contribution in [0.25, 0.3) is 0 Å². The van der Waals surface area contributed by atoms with E-state index in [-0.39, 0.29) is 86.9 Å². The van der Waals surface area contributed by atoms with Crippen LogP contribution in [0.5, 0.6) is 0 Å². The van der Waals surface area contributed by atoms with Gasteiger partial charge in [0.05, 0.1) is 0 Å². The van der Waals surface area contributed by atoms with E-state index >= 15 is 0 Å². The molecule has 0 saturated heterocycles. The monoisotopic (exact) mass is 292 g/mol. The van der Waals surface area contributed by atoms with Crippen LogP contribution in [0.4, 0.5) is 0 Å². The molecule has 0 fully saturated rings. The largest absolute Gasteiger partial charge is 0 e. The smallest absolute Gasteiger partial charge is 0 e. The molecule has 0 nitrogen and oxygen atoms in total. The first-order valence-corrected chi connectivity index (χ1v) is 0. The number of hydrogen-bond acceptors (Lipinski definition) is 0. The fourth-order valence-electron chi connectivity index (χ4n) is 0. The van der Waals surface area contributed by atoms with E-state index in [2.05, 4.69) is 0 Å². The van der Waals surface area contributed by atoms with Crippen LogP contribution >= 0.6 is 0 Å². The molecule has 0 aromatic heterocycles. The van der Waals surface area contributed by atoms with E-state index in [1.807, 2.05) is 0 Å². The summed E-state index contributed by atoms with van der Waals surface area (Å²) in [5.41, 5.74) is 0. The van der Waals surface area contributed by atoms with Crippen LogP contribution in [0.1, 0.15) is 0 Å². The quantitative estimate of drug-likeness (QED) is 0.551. The fourth-order valence-corrected chi connectivity index (χ4v) is 0. The molecule has 0 aliphatic carbocycles. The summed E-state index contributed by atoms with van der Waals surface area (Å²) in [6.07, 6.45) is 0. The van der Waals surface area contributed by atoms with E-state index < -0.39 is 0 Å². The Hall–Kier alpha value is 2.66. The minimum atomic E-state index is 0. The summed E-state index contributed by atoms with van der Waals surface area (Å²) < 4.78 is 0. The molecular formula is CoFeMnNiZn. The normalized spacial score (nSPS) is 0. The Kier molecular flexibility index (Phi) is 289. The molecule has 36 valence electrons. The van der Waals surface area contributed by atoms with Crippen molar-refractivity contribution >= 4 is 0 Å². The summed E-state index contributed by atoms with van der Waals surface area (Å²) in [5.74, 6) is 0. The molecule has 0 spiro atoms. The first-order valence-electron chi connectivity index (χ1n) is 0. The van der Waals surface area contributed by atoms with Crippen LogP contribution in [-0.4, -0.2) is 0 Å². The third-order valence-corrected chi connectivity index (χ3v) is 0. The van der Waals surface area contributed by atoms with Gasteiger partial charge in [-0.15, -0.1) is 0 Å². The van der Waals surface area contributed by atoms with Crippen LogP contribution in [-0.2, 0) is 86.9 Å². The van der Waals surface area contributed by atoms with E-state index in [1.54, 1.807) is 0 Å². The van der Waals surface area contributed by atoms with Gasteiger partial charge in [-0.2, -0.15) is 0 Å². The van der Waals surface area contributed by atoms with E-state index in [9.17, 15) is 0 Å². The Morgan fingerprint density at radius 3 is 1.00 bits per heavy atom. The molecule has 0 aliphatic rings. The molecule has 0 unspecified atom stereocenters. The summed E-state index contributed by atoms with van der Waals surface area (Å²) >= 11 is 0. The minimum absolute atomic E-state index is 0. The van der Waals surface area contributed by atoms with Gasteiger partial charge >= 0.3 is 0 Å². The van der Waals surface area contributed by atoms with Gasteiger partial charge in [0.15, 0.2) is 0 Å². The predicted molar refractivity (Wildman–Crippen MR) is 0 cm³/mol. The zero-order chi connectivity index (χ0) is 0. The van der Waals surface area contributed by atoms with Crippen LogP contribution < -0.4 is 0 Å². The Bertz CT molecular complexity index is 11.6. The van der Waals surface area contributed by atoms with Crippen LogP contribution in [0.3, 0.4) is 0 Å². The summed E-state index contributed by atoms with van der Waals surface area (Å²) in [6, 6.07) is 0. The second kappa shape index (κ2) is 30.1. The van der Waals surface area contributed by atoms with Crippen LogP contribution in [0.2, 0.25) is 0 Å². The Balaban J connectivity index is 0. The topological polar surface area (TPSA) is 0 Å². The zero-order valence-corrected chi connectivity index (χ0v) is 9.37. The standard InChI is InChI=1S/Co.Fe.Mn.Ni.Zn. The Morgan fingerprint density at radius 1 is 1.00 bits per heavy atom. The molecule has 0 saturated carbocycles. The van der Waals surface area contributed by atoms with Crippen molar-refractivity contribution < 1.29 is 86.9 Å². The maximum atomic E-state index is 0. The predicted octanol–water partition coefficient (Wildman–Crippen LogP) is -0.0125. The molecule has 2 radical (unpaired) electrons. The van der Waals surface area contributed by atoms with Crippen LogP contribution in [0, 0.1) is 0 Å². The number of hydrogen-bond donors (Lipinski definition) is 0. The van der Waals surface area contributed by atoms with Crippen molar-refractivity contribution in [3.05, 3.63) is 0 Å². The molecule has 0 rings (SSSR count). The average Bonchev–Trinajstić information content (AvgIpc) is 0. The van der Waals surface area contributed by atoms with Gasteiger partial charge in [-0.05, 0) is 0 Å². The van der Waals surface area contributed by atoms with Crippen molar-refractivity contribution in [2.45, 2.75) is 0 Å². The molecule has 0 aromatic rings. The van der Waals surface area contributed by atoms with Gasteiger partial charge in [0.2, 0.25) is 0 Å². The molecule has 0 N–H and O–H groups in total. The van der Waals surface area contributed by atoms with Crippen molar-refractivity contribution in [2.75, 3.05) is 0 Å². The first kappa shape index (κ1) is 48.0. The zero-order valence-electron chi connectivity index (χ0n) is 2.09. The maximum Gasteiger partial charge on any atom is 0 e. The van der Waals surface area contributed by atoms with Crippen molar-refractivity contribution in [1.29, 1.82) is 0 Å². The van der Waals surface area contributed by atoms with E-state index in [4.69, 9.17) is 0 Å². The molecular weight excluding hydrogens is 294 g/mol. The molecule has 0 aliphatic heterocycles. The third kappa shape index (κ3) is 20.4. The summed E-state index contributed by atoms with van der Waals surface area (Å²) in [6.45, 7) is 0. The van der Waals surface area contributed by atoms with Gasteiger partial charge in [0.1, 0.15) is 0 Å². The Morgan fingerprint density at radius 2 is 1.00 bits per heavy atom. The Labute approximate surface area is 85.8 Å². The second-order valence-corrected chi connectivity index (χ2v) is 0. The van der Waals surface area contributed by atoms with Gasteiger partial charge in [0.25, 0.3) is 0 Å². The van der Waals surface area contributed by atoms with E-state index in [0.717, 1.165) is 0 Å². The maximum absolute atomic E-state index is 0. The molecule has 0 heterocycles. The summed E-state index contributed by atoms with van der Waals surface area (Å²) in [4.78, 5) is 0. The molecule has 0 bridgehead atoms. The fraction of sp³-hybridized carbons (Fsp3) is 0. The first-order chi connectivity index (χ1) is 0. The van der Waals surface area contributed by atoms with E-state index in [1.165, 1.54) is 0 Å². The summed E-state index contributed by atoms with van der Waals surface area (Å²) in [5, 5.41) is 0. The molecule has 5 heteroatoms. The van der Waals surface area contributed by atoms with Crippen molar-refractivity contribution in [3.8, 4) is 0 Å². The minimum Gasteiger partial charge on any atom is 0 e. The average molecular weight is 294 g/mol. The van der Waals surface area contributed by atoms with Crippen molar-refractivity contribution in [3.63, 3.8) is 0 Å². The van der Waals surface area contributed by atoms with Crippen LogP contribution in [0.15, 0.2) is 0 Å². The molecule has 0 aromatic carbocycles. The van der Waals surface area contributed by atoms with Gasteiger partial charge in [-0.25, -0.2) is 0 Å². The molecule has 5 heavy (non-hydrogen) atoms. The van der Waals surface area contributed by atoms with Gasteiger partial charge < -0.3 is 0 Å². The van der Waals surface area contributed by atoms with Crippen molar-refractivity contribution in [1.82, 2.24) is 0 Å². The van der Waals surface area contributed by atoms with Gasteiger partial charge in [0, 0.05) is 86.9 Å². The molecule has 0 amide bonds. The third-order valence-electron chi connectivity index (χ3n) is 0.